The number of sulfonamides is 1. The second-order valence-electron chi connectivity index (χ2n) is 13.2. The highest BCUT2D eigenvalue weighted by Gasteiger charge is 2.29. The van der Waals surface area contributed by atoms with Crippen molar-refractivity contribution >= 4 is 48.9 Å². The third-order valence-corrected chi connectivity index (χ3v) is 11.6. The Morgan fingerprint density at radius 1 is 0.800 bits per heavy atom. The summed E-state index contributed by atoms with van der Waals surface area (Å²) >= 11 is 0. The van der Waals surface area contributed by atoms with E-state index in [0.717, 1.165) is 37.1 Å². The maximum atomic E-state index is 16.2. The third kappa shape index (κ3) is 8.52. The molecule has 13 nitrogen and oxygen atoms in total. The number of aromatic nitrogens is 3. The molecule has 55 heavy (non-hydrogen) atoms. The van der Waals surface area contributed by atoms with Crippen LogP contribution in [0.5, 0.6) is 0 Å². The molecule has 0 amide bonds. The quantitative estimate of drug-likeness (QED) is 0.150. The molecule has 2 aliphatic rings. The van der Waals surface area contributed by atoms with Crippen LogP contribution in [0.4, 0.5) is 46.6 Å². The molecule has 2 fully saturated rings. The van der Waals surface area contributed by atoms with E-state index in [1.807, 2.05) is 19.4 Å². The predicted molar refractivity (Wildman–Crippen MR) is 200 cm³/mol. The van der Waals surface area contributed by atoms with Gasteiger partial charge in [-0.05, 0) is 61.4 Å². The second kappa shape index (κ2) is 15.5. The van der Waals surface area contributed by atoms with Crippen LogP contribution in [0.2, 0.25) is 0 Å². The van der Waals surface area contributed by atoms with Gasteiger partial charge in [0.25, 0.3) is 16.0 Å². The Balaban J connectivity index is 1.14. The number of anilines is 5. The molecular weight excluding hydrogens is 765 g/mol. The molecule has 0 radical (unpaired) electrons. The molecule has 7 rings (SSSR count). The van der Waals surface area contributed by atoms with Gasteiger partial charge in [-0.3, -0.25) is 9.62 Å². The van der Waals surface area contributed by atoms with Gasteiger partial charge in [-0.1, -0.05) is 12.1 Å². The summed E-state index contributed by atoms with van der Waals surface area (Å²) in [5, 5.41) is 2.98. The summed E-state index contributed by atoms with van der Waals surface area (Å²) in [5.41, 5.74) is 0.137. The van der Waals surface area contributed by atoms with Gasteiger partial charge in [-0.15, -0.1) is 0 Å². The van der Waals surface area contributed by atoms with Crippen molar-refractivity contribution in [2.45, 2.75) is 17.7 Å². The predicted octanol–water partition coefficient (Wildman–Crippen LogP) is 5.67. The number of nitrogens with zero attached hydrogens (tertiary/aromatic N) is 6. The summed E-state index contributed by atoms with van der Waals surface area (Å²) in [7, 11) is -7.97. The number of piperazine rings is 1. The molecule has 0 bridgehead atoms. The van der Waals surface area contributed by atoms with Gasteiger partial charge >= 0.3 is 0 Å². The van der Waals surface area contributed by atoms with Crippen LogP contribution < -0.4 is 19.8 Å². The summed E-state index contributed by atoms with van der Waals surface area (Å²) < 4.78 is 118. The number of halogens is 4. The van der Waals surface area contributed by atoms with Crippen LogP contribution in [-0.2, 0) is 19.9 Å². The lowest BCUT2D eigenvalue weighted by Gasteiger charge is -2.36. The summed E-state index contributed by atoms with van der Waals surface area (Å²) in [6, 6.07) is 12.7. The van der Waals surface area contributed by atoms with Crippen molar-refractivity contribution in [3.63, 3.8) is 0 Å². The molecule has 0 saturated carbocycles. The minimum Gasteiger partial charge on any atom is -0.421 e. The largest absolute Gasteiger partial charge is 0.421 e. The third-order valence-electron chi connectivity index (χ3n) is 9.26. The van der Waals surface area contributed by atoms with Crippen molar-refractivity contribution in [2.75, 3.05) is 77.7 Å². The maximum Gasteiger partial charge on any atom is 0.298 e. The fraction of sp³-hybridized carbons (Fsp3) is 0.306. The highest BCUT2D eigenvalue weighted by Crippen LogP contribution is 2.39. The number of benzene rings is 3. The first kappa shape index (κ1) is 38.0. The van der Waals surface area contributed by atoms with Crippen LogP contribution in [0, 0.1) is 23.3 Å². The first-order valence-electron chi connectivity index (χ1n) is 17.3. The lowest BCUT2D eigenvalue weighted by molar-refractivity contribution is 0.271. The van der Waals surface area contributed by atoms with E-state index < -0.39 is 53.7 Å². The Labute approximate surface area is 315 Å². The molecule has 0 spiro atoms. The maximum absolute atomic E-state index is 16.2. The summed E-state index contributed by atoms with van der Waals surface area (Å²) in [6.45, 7) is 3.93. The zero-order valence-corrected chi connectivity index (χ0v) is 31.1. The van der Waals surface area contributed by atoms with Gasteiger partial charge < -0.3 is 19.5 Å². The van der Waals surface area contributed by atoms with Gasteiger partial charge in [-0.25, -0.2) is 44.4 Å². The van der Waals surface area contributed by atoms with E-state index in [4.69, 9.17) is 4.42 Å². The highest BCUT2D eigenvalue weighted by atomic mass is 32.2. The van der Waals surface area contributed by atoms with Crippen molar-refractivity contribution in [3.05, 3.63) is 90.1 Å². The van der Waals surface area contributed by atoms with E-state index in [9.17, 15) is 25.6 Å². The molecular formula is C36H36F4N8O5S2. The normalized spacial score (nSPS) is 15.4. The van der Waals surface area contributed by atoms with E-state index in [0.29, 0.717) is 57.2 Å². The zero-order valence-electron chi connectivity index (χ0n) is 29.5. The average molecular weight is 801 g/mol. The van der Waals surface area contributed by atoms with Crippen molar-refractivity contribution in [1.82, 2.24) is 19.9 Å². The molecule has 0 unspecified atom stereocenters. The smallest absolute Gasteiger partial charge is 0.298 e. The number of nitrogens with one attached hydrogen (secondary N) is 2. The molecule has 5 aromatic rings. The Bertz CT molecular complexity index is 2420. The number of sulfone groups is 1. The second-order valence-corrected chi connectivity index (χ2v) is 17.1. The van der Waals surface area contributed by atoms with Crippen molar-refractivity contribution in [1.29, 1.82) is 0 Å². The summed E-state index contributed by atoms with van der Waals surface area (Å²) in [4.78, 5) is 17.9. The Kier molecular flexibility index (Phi) is 10.7. The SMILES string of the molecule is CS(=O)(=O)CCN1CCN(c2ccc(Nc3nccc(-c4oc(N5CCCC5)nc4-c4cccc(NS(=O)(=O)c5c(F)cccc5F)c4F)n3)cc2F)CC1. The lowest BCUT2D eigenvalue weighted by Crippen LogP contribution is -2.47. The van der Waals surface area contributed by atoms with Gasteiger partial charge in [0.15, 0.2) is 16.5 Å². The average Bonchev–Trinajstić information content (AvgIpc) is 3.83. The van der Waals surface area contributed by atoms with Crippen molar-refractivity contribution in [3.8, 4) is 22.7 Å². The van der Waals surface area contributed by atoms with Crippen LogP contribution in [-0.4, -0.2) is 94.5 Å². The number of hydrogen-bond donors (Lipinski definition) is 2. The van der Waals surface area contributed by atoms with Gasteiger partial charge in [0.05, 0.1) is 17.1 Å². The fourth-order valence-electron chi connectivity index (χ4n) is 6.46. The van der Waals surface area contributed by atoms with Crippen molar-refractivity contribution in [2.24, 2.45) is 0 Å². The molecule has 2 N–H and O–H groups in total. The molecule has 4 heterocycles. The van der Waals surface area contributed by atoms with Crippen LogP contribution in [0.15, 0.2) is 76.2 Å². The van der Waals surface area contributed by atoms with Gasteiger partial charge in [-0.2, -0.15) is 4.98 Å². The molecule has 2 aliphatic heterocycles. The van der Waals surface area contributed by atoms with E-state index in [2.05, 4.69) is 20.3 Å². The Hall–Kier alpha value is -5.27. The van der Waals surface area contributed by atoms with Crippen LogP contribution >= 0.6 is 0 Å². The van der Waals surface area contributed by atoms with E-state index in [1.54, 1.807) is 12.1 Å². The number of oxazole rings is 1. The van der Waals surface area contributed by atoms with E-state index in [-0.39, 0.29) is 40.4 Å². The highest BCUT2D eigenvalue weighted by molar-refractivity contribution is 7.92. The molecule has 2 saturated heterocycles. The zero-order chi connectivity index (χ0) is 38.9. The first-order valence-corrected chi connectivity index (χ1v) is 20.9. The topological polar surface area (TPSA) is 154 Å². The lowest BCUT2D eigenvalue weighted by atomic mass is 10.1. The van der Waals surface area contributed by atoms with Crippen LogP contribution in [0.3, 0.4) is 0 Å². The number of hydrogen-bond acceptors (Lipinski definition) is 12. The van der Waals surface area contributed by atoms with Crippen LogP contribution in [0.1, 0.15) is 12.8 Å². The first-order chi connectivity index (χ1) is 26.3. The van der Waals surface area contributed by atoms with Crippen molar-refractivity contribution < 1.29 is 38.8 Å². The summed E-state index contributed by atoms with van der Waals surface area (Å²) in [5.74, 6) is -4.09. The molecule has 0 atom stereocenters. The minimum atomic E-state index is -4.89. The standard InChI is InChI=1S/C36H36F4N8O5S2/c1-54(49,50)21-20-46-16-18-47(19-17-46)30-11-10-23(22-27(30)39)42-35-41-13-12-29(43-35)33-32(44-36(53-33)48-14-2-3-15-48)24-6-4-9-28(31(24)40)45-55(51,52)34-25(37)7-5-8-26(34)38/h4-13,22,45H,2-3,14-21H2,1H3,(H,41,42,43). The molecule has 0 aliphatic carbocycles. The van der Waals surface area contributed by atoms with Gasteiger partial charge in [0, 0.05) is 69.5 Å². The Morgan fingerprint density at radius 3 is 2.20 bits per heavy atom. The van der Waals surface area contributed by atoms with Gasteiger partial charge in [0.1, 0.15) is 38.7 Å². The van der Waals surface area contributed by atoms with E-state index in [1.165, 1.54) is 36.7 Å². The molecule has 19 heteroatoms. The van der Waals surface area contributed by atoms with Gasteiger partial charge in [0.2, 0.25) is 5.95 Å². The molecule has 3 aromatic carbocycles. The molecule has 2 aromatic heterocycles. The minimum absolute atomic E-state index is 0.0195. The Morgan fingerprint density at radius 2 is 1.51 bits per heavy atom. The summed E-state index contributed by atoms with van der Waals surface area (Å²) in [6.07, 6.45) is 4.38. The van der Waals surface area contributed by atoms with Crippen LogP contribution in [0.25, 0.3) is 22.7 Å². The molecule has 290 valence electrons. The van der Waals surface area contributed by atoms with E-state index >= 15 is 8.78 Å². The fourth-order valence-corrected chi connectivity index (χ4v) is 8.25. The monoisotopic (exact) mass is 800 g/mol. The number of rotatable bonds is 12.